The van der Waals surface area contributed by atoms with Crippen molar-refractivity contribution in [1.29, 1.82) is 0 Å². The molecule has 1 amide bonds. The second-order valence-electron chi connectivity index (χ2n) is 5.64. The van der Waals surface area contributed by atoms with Gasteiger partial charge in [0.25, 0.3) is 0 Å². The van der Waals surface area contributed by atoms with Crippen molar-refractivity contribution >= 4 is 45.2 Å². The zero-order chi connectivity index (χ0) is 16.9. The van der Waals surface area contributed by atoms with Crippen LogP contribution in [0.3, 0.4) is 0 Å². The summed E-state index contributed by atoms with van der Waals surface area (Å²) in [5, 5.41) is 0. The highest BCUT2D eigenvalue weighted by atomic mass is 32.2. The van der Waals surface area contributed by atoms with Crippen LogP contribution in [-0.2, 0) is 14.3 Å². The number of thioether (sulfide) groups is 1. The zero-order valence-corrected chi connectivity index (χ0v) is 15.2. The molecule has 1 aliphatic heterocycles. The van der Waals surface area contributed by atoms with Gasteiger partial charge in [-0.05, 0) is 31.9 Å². The third-order valence-electron chi connectivity index (χ3n) is 4.06. The third-order valence-corrected chi connectivity index (χ3v) is 6.23. The Labute approximate surface area is 149 Å². The monoisotopic (exact) mass is 364 g/mol. The number of carbonyl (C=O) groups excluding carboxylic acids is 2. The fourth-order valence-corrected chi connectivity index (χ4v) is 4.72. The number of esters is 1. The summed E-state index contributed by atoms with van der Waals surface area (Å²) in [7, 11) is 0. The van der Waals surface area contributed by atoms with Crippen LogP contribution in [0.15, 0.2) is 28.6 Å². The minimum atomic E-state index is -0.131. The van der Waals surface area contributed by atoms with Crippen molar-refractivity contribution in [3.8, 4) is 0 Å². The molecule has 0 atom stereocenters. The SMILES string of the molecule is CCOC(=O)C1CCN(C(=O)CSc2nc3ccccc3s2)CC1. The van der Waals surface area contributed by atoms with Gasteiger partial charge in [0.1, 0.15) is 0 Å². The standard InChI is InChI=1S/C17H20N2O3S2/c1-2-22-16(21)12-7-9-19(10-8-12)15(20)11-23-17-18-13-5-3-4-6-14(13)24-17/h3-6,12H,2,7-11H2,1H3. The van der Waals surface area contributed by atoms with Crippen LogP contribution >= 0.6 is 23.1 Å². The Hall–Kier alpha value is -1.60. The number of likely N-dealkylation sites (tertiary alicyclic amines) is 1. The van der Waals surface area contributed by atoms with Crippen LogP contribution in [0.2, 0.25) is 0 Å². The first kappa shape index (κ1) is 17.2. The molecular formula is C17H20N2O3S2. The topological polar surface area (TPSA) is 59.5 Å². The van der Waals surface area contributed by atoms with Crippen molar-refractivity contribution in [3.63, 3.8) is 0 Å². The molecule has 1 aromatic carbocycles. The predicted octanol–water partition coefficient (Wildman–Crippen LogP) is 3.19. The van der Waals surface area contributed by atoms with Gasteiger partial charge >= 0.3 is 5.97 Å². The van der Waals surface area contributed by atoms with Gasteiger partial charge in [-0.3, -0.25) is 9.59 Å². The number of para-hydroxylation sites is 1. The Kier molecular flexibility index (Phi) is 5.73. The van der Waals surface area contributed by atoms with Crippen LogP contribution in [0.5, 0.6) is 0 Å². The van der Waals surface area contributed by atoms with Crippen LogP contribution in [0.4, 0.5) is 0 Å². The van der Waals surface area contributed by atoms with E-state index in [9.17, 15) is 9.59 Å². The first-order valence-corrected chi connectivity index (χ1v) is 9.90. The molecule has 2 heterocycles. The lowest BCUT2D eigenvalue weighted by Crippen LogP contribution is -2.41. The number of fused-ring (bicyclic) bond motifs is 1. The van der Waals surface area contributed by atoms with Crippen molar-refractivity contribution in [2.75, 3.05) is 25.4 Å². The molecule has 5 nitrogen and oxygen atoms in total. The Balaban J connectivity index is 1.48. The second kappa shape index (κ2) is 7.98. The quantitative estimate of drug-likeness (QED) is 0.602. The number of amides is 1. The summed E-state index contributed by atoms with van der Waals surface area (Å²) in [6.07, 6.45) is 1.38. The molecule has 128 valence electrons. The molecule has 1 aromatic heterocycles. The summed E-state index contributed by atoms with van der Waals surface area (Å²) in [5.74, 6) is 0.310. The summed E-state index contributed by atoms with van der Waals surface area (Å²) in [6, 6.07) is 7.99. The summed E-state index contributed by atoms with van der Waals surface area (Å²) in [6.45, 7) is 3.48. The van der Waals surface area contributed by atoms with Gasteiger partial charge in [0.2, 0.25) is 5.91 Å². The van der Waals surface area contributed by atoms with Gasteiger partial charge in [0.05, 0.1) is 28.5 Å². The van der Waals surface area contributed by atoms with Gasteiger partial charge in [-0.25, -0.2) is 4.98 Å². The maximum atomic E-state index is 12.4. The third kappa shape index (κ3) is 4.08. The number of carbonyl (C=O) groups is 2. The van der Waals surface area contributed by atoms with E-state index in [4.69, 9.17) is 4.74 Å². The highest BCUT2D eigenvalue weighted by Gasteiger charge is 2.28. The number of hydrogen-bond acceptors (Lipinski definition) is 6. The van der Waals surface area contributed by atoms with E-state index >= 15 is 0 Å². The molecule has 24 heavy (non-hydrogen) atoms. The Morgan fingerprint density at radius 1 is 1.33 bits per heavy atom. The van der Waals surface area contributed by atoms with Gasteiger partial charge in [-0.1, -0.05) is 23.9 Å². The van der Waals surface area contributed by atoms with Crippen molar-refractivity contribution in [2.24, 2.45) is 5.92 Å². The molecule has 2 aromatic rings. The Bertz CT molecular complexity index is 690. The van der Waals surface area contributed by atoms with E-state index in [1.165, 1.54) is 11.8 Å². The van der Waals surface area contributed by atoms with Crippen molar-refractivity contribution < 1.29 is 14.3 Å². The molecule has 0 saturated carbocycles. The lowest BCUT2D eigenvalue weighted by atomic mass is 9.97. The minimum Gasteiger partial charge on any atom is -0.466 e. The fourth-order valence-electron chi connectivity index (χ4n) is 2.75. The number of aromatic nitrogens is 1. The van der Waals surface area contributed by atoms with Crippen LogP contribution in [-0.4, -0.2) is 47.2 Å². The number of rotatable bonds is 5. The van der Waals surface area contributed by atoms with Crippen molar-refractivity contribution in [3.05, 3.63) is 24.3 Å². The largest absolute Gasteiger partial charge is 0.466 e. The molecule has 0 radical (unpaired) electrons. The van der Waals surface area contributed by atoms with E-state index in [2.05, 4.69) is 4.98 Å². The van der Waals surface area contributed by atoms with Crippen molar-refractivity contribution in [1.82, 2.24) is 9.88 Å². The number of thiazole rings is 1. The van der Waals surface area contributed by atoms with E-state index in [-0.39, 0.29) is 17.8 Å². The normalized spacial score (nSPS) is 15.6. The molecule has 1 saturated heterocycles. The molecule has 0 aliphatic carbocycles. The average Bonchev–Trinajstić information content (AvgIpc) is 3.03. The molecule has 1 aliphatic rings. The highest BCUT2D eigenvalue weighted by molar-refractivity contribution is 8.01. The van der Waals surface area contributed by atoms with Gasteiger partial charge < -0.3 is 9.64 Å². The number of ether oxygens (including phenoxy) is 1. The average molecular weight is 364 g/mol. The van der Waals surface area contributed by atoms with Gasteiger partial charge in [-0.2, -0.15) is 0 Å². The number of piperidine rings is 1. The minimum absolute atomic E-state index is 0.0640. The van der Waals surface area contributed by atoms with E-state index < -0.39 is 0 Å². The predicted molar refractivity (Wildman–Crippen MR) is 96.3 cm³/mol. The molecule has 1 fully saturated rings. The summed E-state index contributed by atoms with van der Waals surface area (Å²) in [4.78, 5) is 30.5. The lowest BCUT2D eigenvalue weighted by molar-refractivity contribution is -0.151. The lowest BCUT2D eigenvalue weighted by Gasteiger charge is -2.30. The summed E-state index contributed by atoms with van der Waals surface area (Å²) < 4.78 is 7.12. The molecule has 0 N–H and O–H groups in total. The van der Waals surface area contributed by atoms with E-state index in [1.54, 1.807) is 11.3 Å². The molecule has 3 rings (SSSR count). The summed E-state index contributed by atoms with van der Waals surface area (Å²) >= 11 is 3.10. The van der Waals surface area contributed by atoms with Crippen LogP contribution in [0.1, 0.15) is 19.8 Å². The molecule has 0 bridgehead atoms. The Morgan fingerprint density at radius 3 is 2.79 bits per heavy atom. The van der Waals surface area contributed by atoms with Gasteiger partial charge in [0.15, 0.2) is 4.34 Å². The van der Waals surface area contributed by atoms with Gasteiger partial charge in [-0.15, -0.1) is 11.3 Å². The number of nitrogens with zero attached hydrogens (tertiary/aromatic N) is 2. The number of hydrogen-bond donors (Lipinski definition) is 0. The Morgan fingerprint density at radius 2 is 2.08 bits per heavy atom. The van der Waals surface area contributed by atoms with Gasteiger partial charge in [0, 0.05) is 13.1 Å². The first-order chi connectivity index (χ1) is 11.7. The maximum absolute atomic E-state index is 12.4. The zero-order valence-electron chi connectivity index (χ0n) is 13.6. The van der Waals surface area contributed by atoms with Crippen LogP contribution in [0.25, 0.3) is 10.2 Å². The maximum Gasteiger partial charge on any atom is 0.309 e. The second-order valence-corrected chi connectivity index (χ2v) is 7.90. The van der Waals surface area contributed by atoms with Crippen molar-refractivity contribution in [2.45, 2.75) is 24.1 Å². The summed E-state index contributed by atoms with van der Waals surface area (Å²) in [5.41, 5.74) is 0.979. The highest BCUT2D eigenvalue weighted by Crippen LogP contribution is 2.29. The smallest absolute Gasteiger partial charge is 0.309 e. The molecule has 0 spiro atoms. The number of benzene rings is 1. The van der Waals surface area contributed by atoms with E-state index in [0.29, 0.717) is 38.3 Å². The van der Waals surface area contributed by atoms with E-state index in [0.717, 1.165) is 14.6 Å². The molecule has 0 unspecified atom stereocenters. The fraction of sp³-hybridized carbons (Fsp3) is 0.471. The molecule has 7 heteroatoms. The molecular weight excluding hydrogens is 344 g/mol. The first-order valence-electron chi connectivity index (χ1n) is 8.10. The van der Waals surface area contributed by atoms with Crippen LogP contribution < -0.4 is 0 Å². The van der Waals surface area contributed by atoms with E-state index in [1.807, 2.05) is 36.1 Å². The van der Waals surface area contributed by atoms with Crippen LogP contribution in [0, 0.1) is 5.92 Å².